The number of carbonyl (C=O) groups excluding carboxylic acids is 1. The van der Waals surface area contributed by atoms with Crippen LogP contribution in [0.5, 0.6) is 0 Å². The first-order valence-electron chi connectivity index (χ1n) is 8.43. The van der Waals surface area contributed by atoms with E-state index in [1.807, 2.05) is 6.92 Å². The van der Waals surface area contributed by atoms with Crippen LogP contribution in [0.4, 0.5) is 5.69 Å². The molecule has 0 radical (unpaired) electrons. The van der Waals surface area contributed by atoms with Gasteiger partial charge in [-0.15, -0.1) is 0 Å². The second-order valence-corrected chi connectivity index (χ2v) is 8.45. The third kappa shape index (κ3) is 4.28. The number of aliphatic carboxylic acids is 1. The maximum absolute atomic E-state index is 12.6. The summed E-state index contributed by atoms with van der Waals surface area (Å²) in [5.41, 5.74) is 0.703. The summed E-state index contributed by atoms with van der Waals surface area (Å²) in [6, 6.07) is 12.5. The van der Waals surface area contributed by atoms with Crippen LogP contribution in [0.25, 0.3) is 0 Å². The maximum atomic E-state index is 12.6. The van der Waals surface area contributed by atoms with Gasteiger partial charge in [0.15, 0.2) is 0 Å². The lowest BCUT2D eigenvalue weighted by Crippen LogP contribution is -2.34. The molecule has 7 nitrogen and oxygen atoms in total. The Hall–Kier alpha value is -2.87. The Morgan fingerprint density at radius 3 is 2.37 bits per heavy atom. The van der Waals surface area contributed by atoms with Crippen LogP contribution in [-0.4, -0.2) is 31.9 Å². The van der Waals surface area contributed by atoms with E-state index in [1.54, 1.807) is 24.3 Å². The summed E-state index contributed by atoms with van der Waals surface area (Å²) in [6.07, 6.45) is 1.05. The van der Waals surface area contributed by atoms with E-state index in [-0.39, 0.29) is 17.0 Å². The van der Waals surface area contributed by atoms with Crippen LogP contribution in [0.3, 0.4) is 0 Å². The highest BCUT2D eigenvalue weighted by Crippen LogP contribution is 2.45. The predicted molar refractivity (Wildman–Crippen MR) is 100 cm³/mol. The van der Waals surface area contributed by atoms with Gasteiger partial charge >= 0.3 is 5.97 Å². The van der Waals surface area contributed by atoms with Crippen molar-refractivity contribution in [2.45, 2.75) is 24.7 Å². The largest absolute Gasteiger partial charge is 0.481 e. The molecule has 0 atom stereocenters. The Morgan fingerprint density at radius 2 is 1.78 bits per heavy atom. The Labute approximate surface area is 157 Å². The van der Waals surface area contributed by atoms with Gasteiger partial charge in [0.2, 0.25) is 0 Å². The van der Waals surface area contributed by atoms with Crippen LogP contribution < -0.4 is 10.0 Å². The molecule has 1 saturated carbocycles. The maximum Gasteiger partial charge on any atom is 0.311 e. The van der Waals surface area contributed by atoms with Crippen LogP contribution in [0.1, 0.15) is 28.8 Å². The standard InChI is InChI=1S/C19H20N2O5S/c1-13-5-7-15(8-6-13)21-27(25,26)16-4-2-3-14(11-16)17(22)20-12-19(9-10-19)18(23)24/h2-8,11,21H,9-10,12H2,1H3,(H,20,22)(H,23,24). The average Bonchev–Trinajstić information content (AvgIpc) is 3.43. The fourth-order valence-electron chi connectivity index (χ4n) is 2.61. The van der Waals surface area contributed by atoms with E-state index < -0.39 is 27.3 Å². The molecule has 1 aliphatic rings. The molecular weight excluding hydrogens is 368 g/mol. The van der Waals surface area contributed by atoms with Gasteiger partial charge in [0.1, 0.15) is 0 Å². The lowest BCUT2D eigenvalue weighted by molar-refractivity contribution is -0.143. The van der Waals surface area contributed by atoms with E-state index >= 15 is 0 Å². The molecule has 1 amide bonds. The Bertz CT molecular complexity index is 979. The number of rotatable bonds is 7. The van der Waals surface area contributed by atoms with Gasteiger partial charge in [-0.25, -0.2) is 8.42 Å². The van der Waals surface area contributed by atoms with E-state index in [4.69, 9.17) is 5.11 Å². The predicted octanol–water partition coefficient (Wildman–Crippen LogP) is 2.39. The van der Waals surface area contributed by atoms with Crippen molar-refractivity contribution in [1.82, 2.24) is 5.32 Å². The van der Waals surface area contributed by atoms with Crippen molar-refractivity contribution in [3.63, 3.8) is 0 Å². The van der Waals surface area contributed by atoms with Gasteiger partial charge in [0.05, 0.1) is 10.3 Å². The summed E-state index contributed by atoms with van der Waals surface area (Å²) in [5.74, 6) is -1.43. The van der Waals surface area contributed by atoms with Crippen LogP contribution in [0, 0.1) is 12.3 Å². The minimum Gasteiger partial charge on any atom is -0.481 e. The summed E-state index contributed by atoms with van der Waals surface area (Å²) in [5, 5.41) is 11.7. The lowest BCUT2D eigenvalue weighted by atomic mass is 10.1. The van der Waals surface area contributed by atoms with Gasteiger partial charge in [-0.1, -0.05) is 23.8 Å². The topological polar surface area (TPSA) is 113 Å². The number of nitrogens with one attached hydrogen (secondary N) is 2. The molecule has 0 aliphatic heterocycles. The molecule has 3 N–H and O–H groups in total. The fraction of sp³-hybridized carbons (Fsp3) is 0.263. The fourth-order valence-corrected chi connectivity index (χ4v) is 3.71. The highest BCUT2D eigenvalue weighted by molar-refractivity contribution is 7.92. The molecule has 0 aromatic heterocycles. The summed E-state index contributed by atoms with van der Waals surface area (Å²) < 4.78 is 27.6. The number of carbonyl (C=O) groups is 2. The first kappa shape index (κ1) is 18.9. The van der Waals surface area contributed by atoms with Crippen LogP contribution >= 0.6 is 0 Å². The van der Waals surface area contributed by atoms with Gasteiger partial charge in [-0.2, -0.15) is 0 Å². The molecule has 0 spiro atoms. The minimum absolute atomic E-state index is 0.0275. The second kappa shape index (κ2) is 7.03. The average molecular weight is 388 g/mol. The zero-order chi connectivity index (χ0) is 19.7. The van der Waals surface area contributed by atoms with Crippen LogP contribution in [-0.2, 0) is 14.8 Å². The number of benzene rings is 2. The Kier molecular flexibility index (Phi) is 4.93. The third-order valence-electron chi connectivity index (χ3n) is 4.60. The van der Waals surface area contributed by atoms with E-state index in [1.165, 1.54) is 24.3 Å². The van der Waals surface area contributed by atoms with E-state index in [0.29, 0.717) is 18.5 Å². The van der Waals surface area contributed by atoms with E-state index in [9.17, 15) is 18.0 Å². The first-order chi connectivity index (χ1) is 12.7. The molecule has 2 aromatic carbocycles. The molecule has 0 bridgehead atoms. The van der Waals surface area contributed by atoms with Crippen LogP contribution in [0.2, 0.25) is 0 Å². The summed E-state index contributed by atoms with van der Waals surface area (Å²) in [7, 11) is -3.85. The monoisotopic (exact) mass is 388 g/mol. The smallest absolute Gasteiger partial charge is 0.311 e. The van der Waals surface area contributed by atoms with Gasteiger partial charge in [-0.05, 0) is 50.1 Å². The van der Waals surface area contributed by atoms with Crippen LogP contribution in [0.15, 0.2) is 53.4 Å². The van der Waals surface area contributed by atoms with E-state index in [0.717, 1.165) is 5.56 Å². The summed E-state index contributed by atoms with van der Waals surface area (Å²) >= 11 is 0. The highest BCUT2D eigenvalue weighted by Gasteiger charge is 2.50. The number of hydrogen-bond acceptors (Lipinski definition) is 4. The molecule has 142 valence electrons. The number of hydrogen-bond donors (Lipinski definition) is 3. The van der Waals surface area contributed by atoms with Gasteiger partial charge < -0.3 is 10.4 Å². The molecule has 8 heteroatoms. The van der Waals surface area contributed by atoms with Crippen molar-refractivity contribution in [3.8, 4) is 0 Å². The molecule has 0 unspecified atom stereocenters. The Balaban J connectivity index is 1.73. The molecule has 0 saturated heterocycles. The number of amides is 1. The van der Waals surface area contributed by atoms with Gasteiger partial charge in [0, 0.05) is 17.8 Å². The Morgan fingerprint density at radius 1 is 1.11 bits per heavy atom. The van der Waals surface area contributed by atoms with Crippen molar-refractivity contribution >= 4 is 27.6 Å². The SMILES string of the molecule is Cc1ccc(NS(=O)(=O)c2cccc(C(=O)NCC3(C(=O)O)CC3)c2)cc1. The molecular formula is C19H20N2O5S. The first-order valence-corrected chi connectivity index (χ1v) is 9.91. The van der Waals surface area contributed by atoms with E-state index in [2.05, 4.69) is 10.0 Å². The van der Waals surface area contributed by atoms with Crippen molar-refractivity contribution < 1.29 is 23.1 Å². The zero-order valence-corrected chi connectivity index (χ0v) is 15.5. The molecule has 2 aromatic rings. The summed E-state index contributed by atoms with van der Waals surface area (Å²) in [4.78, 5) is 23.4. The number of carboxylic acid groups (broad SMARTS) is 1. The summed E-state index contributed by atoms with van der Waals surface area (Å²) in [6.45, 7) is 1.93. The molecule has 1 aliphatic carbocycles. The minimum atomic E-state index is -3.85. The lowest BCUT2D eigenvalue weighted by Gasteiger charge is -2.12. The highest BCUT2D eigenvalue weighted by atomic mass is 32.2. The molecule has 0 heterocycles. The number of anilines is 1. The second-order valence-electron chi connectivity index (χ2n) is 6.77. The van der Waals surface area contributed by atoms with Crippen molar-refractivity contribution in [3.05, 3.63) is 59.7 Å². The number of aryl methyl sites for hydroxylation is 1. The number of carboxylic acids is 1. The van der Waals surface area contributed by atoms with Gasteiger partial charge in [-0.3, -0.25) is 14.3 Å². The molecule has 1 fully saturated rings. The normalized spacial score (nSPS) is 15.0. The zero-order valence-electron chi connectivity index (χ0n) is 14.7. The molecule has 3 rings (SSSR count). The number of sulfonamides is 1. The quantitative estimate of drug-likeness (QED) is 0.674. The van der Waals surface area contributed by atoms with Crippen molar-refractivity contribution in [2.24, 2.45) is 5.41 Å². The van der Waals surface area contributed by atoms with Crippen molar-refractivity contribution in [2.75, 3.05) is 11.3 Å². The molecule has 27 heavy (non-hydrogen) atoms. The third-order valence-corrected chi connectivity index (χ3v) is 5.98. The van der Waals surface area contributed by atoms with Crippen molar-refractivity contribution in [1.29, 1.82) is 0 Å². The van der Waals surface area contributed by atoms with Gasteiger partial charge in [0.25, 0.3) is 15.9 Å².